The van der Waals surface area contributed by atoms with Crippen molar-refractivity contribution in [2.45, 2.75) is 63.2 Å². The summed E-state index contributed by atoms with van der Waals surface area (Å²) in [4.78, 5) is 11.9. The van der Waals surface area contributed by atoms with Crippen molar-refractivity contribution in [2.24, 2.45) is 0 Å². The summed E-state index contributed by atoms with van der Waals surface area (Å²) < 4.78 is 5.57. The average Bonchev–Trinajstić information content (AvgIpc) is 2.75. The predicted octanol–water partition coefficient (Wildman–Crippen LogP) is 0.975. The van der Waals surface area contributed by atoms with Gasteiger partial charge in [-0.25, -0.2) is 0 Å². The molecule has 0 aromatic heterocycles. The Balaban J connectivity index is 1.88. The fourth-order valence-corrected chi connectivity index (χ4v) is 2.42. The second-order valence-electron chi connectivity index (χ2n) is 4.92. The number of hydrogen-bond acceptors (Lipinski definition) is 3. The first-order valence-electron chi connectivity index (χ1n) is 6.30. The van der Waals surface area contributed by atoms with Crippen molar-refractivity contribution in [2.75, 3.05) is 6.61 Å². The minimum atomic E-state index is -1.09. The SMILES string of the molecule is CCC(NC(=O)C1(O)CCC1)C1CCCO1. The molecule has 1 heterocycles. The van der Waals surface area contributed by atoms with Gasteiger partial charge >= 0.3 is 0 Å². The molecule has 0 bridgehead atoms. The molecule has 1 aliphatic carbocycles. The Kier molecular flexibility index (Phi) is 3.50. The van der Waals surface area contributed by atoms with Gasteiger partial charge in [0, 0.05) is 6.61 Å². The molecule has 0 aromatic rings. The van der Waals surface area contributed by atoms with Crippen molar-refractivity contribution >= 4 is 5.91 Å². The number of ether oxygens (including phenoxy) is 1. The minimum absolute atomic E-state index is 0.0552. The molecule has 2 fully saturated rings. The first kappa shape index (κ1) is 11.9. The molecular formula is C12H21NO3. The van der Waals surface area contributed by atoms with Crippen LogP contribution in [-0.4, -0.2) is 35.4 Å². The maximum atomic E-state index is 11.9. The number of amides is 1. The standard InChI is InChI=1S/C12H21NO3/c1-2-9(10-5-3-8-16-10)13-11(14)12(15)6-4-7-12/h9-10,15H,2-8H2,1H3,(H,13,14). The Morgan fingerprint density at radius 2 is 2.31 bits per heavy atom. The molecule has 16 heavy (non-hydrogen) atoms. The first-order chi connectivity index (χ1) is 7.65. The molecule has 0 aromatic carbocycles. The van der Waals surface area contributed by atoms with Gasteiger partial charge in [0.2, 0.25) is 0 Å². The van der Waals surface area contributed by atoms with Crippen LogP contribution in [0.1, 0.15) is 45.4 Å². The van der Waals surface area contributed by atoms with E-state index < -0.39 is 5.60 Å². The number of aliphatic hydroxyl groups is 1. The van der Waals surface area contributed by atoms with Gasteiger partial charge in [0.25, 0.3) is 5.91 Å². The van der Waals surface area contributed by atoms with E-state index in [1.165, 1.54) is 0 Å². The maximum Gasteiger partial charge on any atom is 0.252 e. The van der Waals surface area contributed by atoms with Crippen LogP contribution in [0.15, 0.2) is 0 Å². The number of hydrogen-bond donors (Lipinski definition) is 2. The van der Waals surface area contributed by atoms with Crippen molar-refractivity contribution in [3.05, 3.63) is 0 Å². The van der Waals surface area contributed by atoms with E-state index in [0.717, 1.165) is 32.3 Å². The normalized spacial score (nSPS) is 29.5. The van der Waals surface area contributed by atoms with Gasteiger partial charge in [-0.2, -0.15) is 0 Å². The quantitative estimate of drug-likeness (QED) is 0.752. The summed E-state index contributed by atoms with van der Waals surface area (Å²) in [5.74, 6) is -0.207. The lowest BCUT2D eigenvalue weighted by molar-refractivity contribution is -0.150. The Labute approximate surface area is 96.4 Å². The third kappa shape index (κ3) is 2.23. The van der Waals surface area contributed by atoms with Crippen LogP contribution in [0.5, 0.6) is 0 Å². The zero-order chi connectivity index (χ0) is 11.6. The van der Waals surface area contributed by atoms with Crippen LogP contribution in [0.3, 0.4) is 0 Å². The molecule has 4 heteroatoms. The molecule has 2 rings (SSSR count). The smallest absolute Gasteiger partial charge is 0.252 e. The monoisotopic (exact) mass is 227 g/mol. The van der Waals surface area contributed by atoms with E-state index in [0.29, 0.717) is 12.8 Å². The molecule has 2 unspecified atom stereocenters. The van der Waals surface area contributed by atoms with Gasteiger partial charge in [0.05, 0.1) is 12.1 Å². The van der Waals surface area contributed by atoms with E-state index in [9.17, 15) is 9.90 Å². The van der Waals surface area contributed by atoms with Crippen LogP contribution in [0.2, 0.25) is 0 Å². The van der Waals surface area contributed by atoms with E-state index in [2.05, 4.69) is 5.32 Å². The largest absolute Gasteiger partial charge is 0.380 e. The van der Waals surface area contributed by atoms with Crippen molar-refractivity contribution in [1.29, 1.82) is 0 Å². The van der Waals surface area contributed by atoms with E-state index in [1.807, 2.05) is 6.92 Å². The number of rotatable bonds is 4. The summed E-state index contributed by atoms with van der Waals surface area (Å²) in [6.45, 7) is 2.83. The molecular weight excluding hydrogens is 206 g/mol. The highest BCUT2D eigenvalue weighted by molar-refractivity contribution is 5.86. The molecule has 2 aliphatic rings. The van der Waals surface area contributed by atoms with Crippen molar-refractivity contribution in [3.63, 3.8) is 0 Å². The third-order valence-corrected chi connectivity index (χ3v) is 3.77. The maximum absolute atomic E-state index is 11.9. The molecule has 4 nitrogen and oxygen atoms in total. The molecule has 1 aliphatic heterocycles. The summed E-state index contributed by atoms with van der Waals surface area (Å²) in [5, 5.41) is 12.9. The summed E-state index contributed by atoms with van der Waals surface area (Å²) in [7, 11) is 0. The molecule has 2 atom stereocenters. The highest BCUT2D eigenvalue weighted by Crippen LogP contribution is 2.32. The third-order valence-electron chi connectivity index (χ3n) is 3.77. The van der Waals surface area contributed by atoms with Gasteiger partial charge in [0.15, 0.2) is 0 Å². The molecule has 1 amide bonds. The summed E-state index contributed by atoms with van der Waals surface area (Å²) in [5.41, 5.74) is -1.09. The number of carbonyl (C=O) groups is 1. The van der Waals surface area contributed by atoms with Gasteiger partial charge in [-0.05, 0) is 38.5 Å². The Morgan fingerprint density at radius 1 is 1.56 bits per heavy atom. The lowest BCUT2D eigenvalue weighted by Crippen LogP contribution is -2.56. The van der Waals surface area contributed by atoms with Gasteiger partial charge in [-0.15, -0.1) is 0 Å². The molecule has 92 valence electrons. The Hall–Kier alpha value is -0.610. The first-order valence-corrected chi connectivity index (χ1v) is 6.30. The highest BCUT2D eigenvalue weighted by atomic mass is 16.5. The van der Waals surface area contributed by atoms with Crippen LogP contribution in [0, 0.1) is 0 Å². The van der Waals surface area contributed by atoms with Gasteiger partial charge in [-0.1, -0.05) is 6.92 Å². The van der Waals surface area contributed by atoms with Crippen LogP contribution in [-0.2, 0) is 9.53 Å². The van der Waals surface area contributed by atoms with Gasteiger partial charge in [0.1, 0.15) is 5.60 Å². The van der Waals surface area contributed by atoms with Crippen molar-refractivity contribution in [1.82, 2.24) is 5.32 Å². The molecule has 0 radical (unpaired) electrons. The van der Waals surface area contributed by atoms with Crippen LogP contribution < -0.4 is 5.32 Å². The van der Waals surface area contributed by atoms with Crippen molar-refractivity contribution in [3.8, 4) is 0 Å². The van der Waals surface area contributed by atoms with E-state index in [4.69, 9.17) is 4.74 Å². The second kappa shape index (κ2) is 4.72. The van der Waals surface area contributed by atoms with E-state index in [1.54, 1.807) is 0 Å². The fourth-order valence-electron chi connectivity index (χ4n) is 2.42. The summed E-state index contributed by atoms with van der Waals surface area (Å²) in [6.07, 6.45) is 5.21. The van der Waals surface area contributed by atoms with Crippen molar-refractivity contribution < 1.29 is 14.6 Å². The van der Waals surface area contributed by atoms with E-state index >= 15 is 0 Å². The summed E-state index contributed by atoms with van der Waals surface area (Å²) in [6, 6.07) is 0.0552. The van der Waals surface area contributed by atoms with Crippen LogP contribution >= 0.6 is 0 Å². The predicted molar refractivity (Wildman–Crippen MR) is 60.0 cm³/mol. The topological polar surface area (TPSA) is 58.6 Å². The summed E-state index contributed by atoms with van der Waals surface area (Å²) >= 11 is 0. The van der Waals surface area contributed by atoms with Gasteiger partial charge in [-0.3, -0.25) is 4.79 Å². The van der Waals surface area contributed by atoms with Crippen LogP contribution in [0.4, 0.5) is 0 Å². The highest BCUT2D eigenvalue weighted by Gasteiger charge is 2.43. The zero-order valence-corrected chi connectivity index (χ0v) is 9.87. The lowest BCUT2D eigenvalue weighted by atomic mass is 9.79. The number of carbonyl (C=O) groups excluding carboxylic acids is 1. The molecule has 0 spiro atoms. The minimum Gasteiger partial charge on any atom is -0.380 e. The van der Waals surface area contributed by atoms with Gasteiger partial charge < -0.3 is 15.2 Å². The molecule has 2 N–H and O–H groups in total. The fraction of sp³-hybridized carbons (Fsp3) is 0.917. The van der Waals surface area contributed by atoms with Crippen LogP contribution in [0.25, 0.3) is 0 Å². The average molecular weight is 227 g/mol. The molecule has 1 saturated carbocycles. The Morgan fingerprint density at radius 3 is 2.75 bits per heavy atom. The zero-order valence-electron chi connectivity index (χ0n) is 9.87. The Bertz CT molecular complexity index is 257. The lowest BCUT2D eigenvalue weighted by Gasteiger charge is -2.36. The second-order valence-corrected chi connectivity index (χ2v) is 4.92. The van der Waals surface area contributed by atoms with E-state index in [-0.39, 0.29) is 18.1 Å². The molecule has 1 saturated heterocycles. The number of nitrogens with one attached hydrogen (secondary N) is 1.